The van der Waals surface area contributed by atoms with Crippen molar-refractivity contribution in [3.8, 4) is 0 Å². The highest BCUT2D eigenvalue weighted by Gasteiger charge is 2.51. The third kappa shape index (κ3) is 4.82. The van der Waals surface area contributed by atoms with E-state index in [1.54, 1.807) is 11.5 Å². The Kier molecular flexibility index (Phi) is 7.13. The van der Waals surface area contributed by atoms with Gasteiger partial charge in [-0.05, 0) is 38.5 Å². The molecule has 3 heterocycles. The van der Waals surface area contributed by atoms with E-state index < -0.39 is 23.8 Å². The Morgan fingerprint density at radius 3 is 2.79 bits per heavy atom. The molecule has 1 aliphatic carbocycles. The summed E-state index contributed by atoms with van der Waals surface area (Å²) in [5.74, 6) is 0.186. The normalized spacial score (nSPS) is 30.1. The van der Waals surface area contributed by atoms with Crippen LogP contribution in [0.4, 0.5) is 10.2 Å². The van der Waals surface area contributed by atoms with Crippen LogP contribution in [-0.4, -0.2) is 55.5 Å². The number of nitrogens with zero attached hydrogens (tertiary/aromatic N) is 4. The molecule has 182 valence electrons. The number of nitrogen functional groups attached to an aromatic ring is 1. The predicted octanol–water partition coefficient (Wildman–Crippen LogP) is 3.17. The minimum atomic E-state index is -1.09. The zero-order valence-electron chi connectivity index (χ0n) is 19.4. The number of halogens is 1. The first kappa shape index (κ1) is 23.8. The van der Waals surface area contributed by atoms with Crippen molar-refractivity contribution in [2.24, 2.45) is 11.8 Å². The van der Waals surface area contributed by atoms with Crippen molar-refractivity contribution in [3.63, 3.8) is 0 Å². The number of fused-ring (bicyclic) bond motifs is 1. The van der Waals surface area contributed by atoms with Crippen molar-refractivity contribution in [1.82, 2.24) is 19.5 Å². The lowest BCUT2D eigenvalue weighted by atomic mass is 9.79. The van der Waals surface area contributed by atoms with Crippen molar-refractivity contribution in [2.45, 2.75) is 83.0 Å². The third-order valence-corrected chi connectivity index (χ3v) is 7.27. The Morgan fingerprint density at radius 1 is 1.33 bits per heavy atom. The van der Waals surface area contributed by atoms with Crippen molar-refractivity contribution in [2.75, 3.05) is 18.9 Å². The van der Waals surface area contributed by atoms with Gasteiger partial charge in [-0.15, -0.1) is 0 Å². The van der Waals surface area contributed by atoms with Crippen LogP contribution in [0.3, 0.4) is 0 Å². The summed E-state index contributed by atoms with van der Waals surface area (Å²) in [6.45, 7) is 3.73. The number of rotatable bonds is 8. The topological polar surface area (TPSA) is 125 Å². The van der Waals surface area contributed by atoms with Crippen molar-refractivity contribution >= 4 is 23.0 Å². The zero-order valence-corrected chi connectivity index (χ0v) is 19.4. The highest BCUT2D eigenvalue weighted by atomic mass is 19.1. The van der Waals surface area contributed by atoms with E-state index in [1.165, 1.54) is 32.0 Å². The van der Waals surface area contributed by atoms with E-state index in [4.69, 9.17) is 15.2 Å². The van der Waals surface area contributed by atoms with Crippen molar-refractivity contribution < 1.29 is 23.8 Å². The molecule has 9 nitrogen and oxygen atoms in total. The molecule has 3 N–H and O–H groups in total. The maximum atomic E-state index is 13.8. The summed E-state index contributed by atoms with van der Waals surface area (Å²) in [6.07, 6.45) is 8.37. The molecular weight excluding hydrogens is 429 g/mol. The van der Waals surface area contributed by atoms with Gasteiger partial charge in [0.25, 0.3) is 0 Å². The second kappa shape index (κ2) is 9.89. The van der Waals surface area contributed by atoms with Gasteiger partial charge in [0.1, 0.15) is 11.1 Å². The lowest BCUT2D eigenvalue weighted by Gasteiger charge is -2.33. The maximum absolute atomic E-state index is 13.8. The molecule has 2 fully saturated rings. The van der Waals surface area contributed by atoms with Crippen LogP contribution in [0.5, 0.6) is 0 Å². The number of aromatic nitrogens is 4. The molecule has 2 aliphatic rings. The first-order valence-corrected chi connectivity index (χ1v) is 12.0. The van der Waals surface area contributed by atoms with Gasteiger partial charge in [-0.3, -0.25) is 4.79 Å². The van der Waals surface area contributed by atoms with Crippen LogP contribution in [-0.2, 0) is 14.3 Å². The number of nitrogens with two attached hydrogens (primary N) is 1. The molecule has 0 amide bonds. The standard InChI is InChI=1S/C23H34FN5O4/c1-3-4-5-6-14-7-9-15(10-8-14)21(31)33-18-16(11-32-23(18,2)12-30)29-13-26-17-19(25)27-22(24)28-20(17)29/h13-16,18,30H,3-12H2,1-2H3,(H2,25,27,28)/t14-,15-,16-,18+,23-/m1/s1. The van der Waals surface area contributed by atoms with Gasteiger partial charge in [0.15, 0.2) is 17.6 Å². The van der Waals surface area contributed by atoms with Crippen LogP contribution in [0.1, 0.15) is 71.3 Å². The van der Waals surface area contributed by atoms with Crippen molar-refractivity contribution in [1.29, 1.82) is 0 Å². The minimum absolute atomic E-state index is 0.0654. The quantitative estimate of drug-likeness (QED) is 0.347. The summed E-state index contributed by atoms with van der Waals surface area (Å²) in [4.78, 5) is 24.7. The fourth-order valence-electron chi connectivity index (χ4n) is 5.16. The van der Waals surface area contributed by atoms with E-state index in [0.29, 0.717) is 5.92 Å². The molecule has 0 aromatic carbocycles. The summed E-state index contributed by atoms with van der Waals surface area (Å²) in [6, 6.07) is -0.532. The molecule has 0 spiro atoms. The molecule has 0 radical (unpaired) electrons. The molecule has 4 rings (SSSR count). The van der Waals surface area contributed by atoms with Crippen LogP contribution in [0.15, 0.2) is 6.33 Å². The van der Waals surface area contributed by atoms with E-state index in [1.807, 2.05) is 0 Å². The Balaban J connectivity index is 1.49. The number of carbonyl (C=O) groups is 1. The fraction of sp³-hybridized carbons (Fsp3) is 0.739. The predicted molar refractivity (Wildman–Crippen MR) is 120 cm³/mol. The van der Waals surface area contributed by atoms with Gasteiger partial charge in [0, 0.05) is 0 Å². The Hall–Kier alpha value is -2.33. The lowest BCUT2D eigenvalue weighted by Crippen LogP contribution is -2.46. The number of esters is 1. The molecule has 1 aliphatic heterocycles. The summed E-state index contributed by atoms with van der Waals surface area (Å²) in [5.41, 5.74) is 5.16. The van der Waals surface area contributed by atoms with Gasteiger partial charge < -0.3 is 24.9 Å². The monoisotopic (exact) mass is 463 g/mol. The van der Waals surface area contributed by atoms with Gasteiger partial charge in [0.2, 0.25) is 0 Å². The average Bonchev–Trinajstić information content (AvgIpc) is 3.36. The molecule has 0 bridgehead atoms. The average molecular weight is 464 g/mol. The number of aliphatic hydroxyl groups is 1. The van der Waals surface area contributed by atoms with Crippen LogP contribution in [0.2, 0.25) is 0 Å². The van der Waals surface area contributed by atoms with Gasteiger partial charge >= 0.3 is 12.0 Å². The molecule has 2 aromatic rings. The second-order valence-electron chi connectivity index (χ2n) is 9.62. The Morgan fingerprint density at radius 2 is 2.09 bits per heavy atom. The maximum Gasteiger partial charge on any atom is 0.312 e. The molecule has 10 heteroatoms. The number of unbranched alkanes of at least 4 members (excludes halogenated alkanes) is 2. The van der Waals surface area contributed by atoms with Gasteiger partial charge in [-0.1, -0.05) is 32.6 Å². The van der Waals surface area contributed by atoms with Crippen LogP contribution >= 0.6 is 0 Å². The fourth-order valence-corrected chi connectivity index (χ4v) is 5.16. The third-order valence-electron chi connectivity index (χ3n) is 7.27. The van der Waals surface area contributed by atoms with E-state index in [2.05, 4.69) is 21.9 Å². The zero-order chi connectivity index (χ0) is 23.6. The molecule has 1 saturated carbocycles. The number of hydrogen-bond donors (Lipinski definition) is 2. The molecule has 33 heavy (non-hydrogen) atoms. The van der Waals surface area contributed by atoms with Crippen LogP contribution in [0.25, 0.3) is 11.2 Å². The molecule has 3 atom stereocenters. The number of aliphatic hydroxyl groups excluding tert-OH is 1. The number of hydrogen-bond acceptors (Lipinski definition) is 8. The number of anilines is 1. The molecule has 2 aromatic heterocycles. The minimum Gasteiger partial charge on any atom is -0.457 e. The van der Waals surface area contributed by atoms with Gasteiger partial charge in [0.05, 0.1) is 31.5 Å². The highest BCUT2D eigenvalue weighted by molar-refractivity contribution is 5.81. The van der Waals surface area contributed by atoms with Gasteiger partial charge in [-0.25, -0.2) is 4.98 Å². The summed E-state index contributed by atoms with van der Waals surface area (Å²) in [5, 5.41) is 10.0. The number of imidazole rings is 1. The first-order chi connectivity index (χ1) is 15.9. The molecular formula is C23H34FN5O4. The van der Waals surface area contributed by atoms with E-state index in [0.717, 1.165) is 25.7 Å². The first-order valence-electron chi connectivity index (χ1n) is 12.0. The lowest BCUT2D eigenvalue weighted by molar-refractivity contribution is -0.168. The smallest absolute Gasteiger partial charge is 0.312 e. The van der Waals surface area contributed by atoms with E-state index >= 15 is 0 Å². The van der Waals surface area contributed by atoms with E-state index in [-0.39, 0.29) is 42.1 Å². The Labute approximate surface area is 192 Å². The molecule has 0 unspecified atom stereocenters. The number of carbonyl (C=O) groups excluding carboxylic acids is 1. The summed E-state index contributed by atoms with van der Waals surface area (Å²) < 4.78 is 27.3. The van der Waals surface area contributed by atoms with Gasteiger partial charge in [-0.2, -0.15) is 14.4 Å². The summed E-state index contributed by atoms with van der Waals surface area (Å²) in [7, 11) is 0. The number of ether oxygens (including phenoxy) is 2. The van der Waals surface area contributed by atoms with Crippen LogP contribution < -0.4 is 5.73 Å². The van der Waals surface area contributed by atoms with Crippen LogP contribution in [0, 0.1) is 17.9 Å². The Bertz CT molecular complexity index is 977. The largest absolute Gasteiger partial charge is 0.457 e. The highest BCUT2D eigenvalue weighted by Crippen LogP contribution is 2.39. The SMILES string of the molecule is CCCCC[C@H]1CC[C@H](C(=O)O[C@H]2[C@H](n3cnc4c(N)nc(F)nc43)CO[C@]2(C)CO)CC1. The second-order valence-corrected chi connectivity index (χ2v) is 9.62. The van der Waals surface area contributed by atoms with Crippen molar-refractivity contribution in [3.05, 3.63) is 12.4 Å². The van der Waals surface area contributed by atoms with E-state index in [9.17, 15) is 14.3 Å². The summed E-state index contributed by atoms with van der Waals surface area (Å²) >= 11 is 0. The molecule has 1 saturated heterocycles.